The quantitative estimate of drug-likeness (QED) is 0.448. The van der Waals surface area contributed by atoms with Gasteiger partial charge in [-0.25, -0.2) is 9.08 Å². The molecule has 1 heterocycles. The molecule has 0 saturated carbocycles. The number of halogens is 7. The topological polar surface area (TPSA) is 83.1 Å². The van der Waals surface area contributed by atoms with Crippen LogP contribution in [0.25, 0.3) is 0 Å². The number of amides is 1. The molecule has 1 rings (SSSR count). The first-order valence-electron chi connectivity index (χ1n) is 6.11. The Bertz CT molecular complexity index is 472. The lowest BCUT2D eigenvalue weighted by Gasteiger charge is -2.38. The largest absolute Gasteiger partial charge is 0.494 e. The predicted octanol–water partition coefficient (Wildman–Crippen LogP) is 1.74. The maximum atomic E-state index is 12.3. The molecule has 0 aromatic rings. The summed E-state index contributed by atoms with van der Waals surface area (Å²) in [5, 5.41) is 1.49. The van der Waals surface area contributed by atoms with Crippen LogP contribution in [-0.2, 0) is 28.4 Å². The zero-order chi connectivity index (χ0) is 18.7. The van der Waals surface area contributed by atoms with Crippen LogP contribution in [0.4, 0.5) is 26.3 Å². The van der Waals surface area contributed by atoms with Crippen LogP contribution in [0.15, 0.2) is 0 Å². The minimum absolute atomic E-state index is 0.510. The van der Waals surface area contributed by atoms with Gasteiger partial charge >= 0.3 is 24.2 Å². The molecular formula is C10H10ClF6NO6. The summed E-state index contributed by atoms with van der Waals surface area (Å²) in [6.45, 7) is 1.17. The van der Waals surface area contributed by atoms with Crippen molar-refractivity contribution in [2.75, 3.05) is 0 Å². The SMILES string of the molecule is C[C@@H]1O[C@@H](OCl)C[C@H](NC(=O)C(F)(F)F)[C@@H]1OOC(=O)C(F)(F)F. The minimum Gasteiger partial charge on any atom is -0.345 e. The summed E-state index contributed by atoms with van der Waals surface area (Å²) < 4.78 is 82.3. The van der Waals surface area contributed by atoms with Crippen LogP contribution >= 0.6 is 11.9 Å². The molecule has 0 bridgehead atoms. The van der Waals surface area contributed by atoms with E-state index in [1.807, 2.05) is 0 Å². The highest BCUT2D eigenvalue weighted by atomic mass is 35.5. The van der Waals surface area contributed by atoms with Gasteiger partial charge in [-0.3, -0.25) is 9.68 Å². The van der Waals surface area contributed by atoms with Crippen molar-refractivity contribution in [2.45, 2.75) is 50.2 Å². The summed E-state index contributed by atoms with van der Waals surface area (Å²) in [5.41, 5.74) is 0. The van der Waals surface area contributed by atoms with E-state index in [-0.39, 0.29) is 0 Å². The van der Waals surface area contributed by atoms with E-state index < -0.39 is 55.2 Å². The molecular weight excluding hydrogens is 380 g/mol. The molecule has 0 radical (unpaired) electrons. The van der Waals surface area contributed by atoms with Crippen LogP contribution in [0, 0.1) is 0 Å². The number of hydrogen-bond donors (Lipinski definition) is 1. The average molecular weight is 390 g/mol. The van der Waals surface area contributed by atoms with E-state index in [0.717, 1.165) is 0 Å². The van der Waals surface area contributed by atoms with Gasteiger partial charge < -0.3 is 10.1 Å². The van der Waals surface area contributed by atoms with E-state index in [0.29, 0.717) is 0 Å². The van der Waals surface area contributed by atoms with Gasteiger partial charge in [-0.2, -0.15) is 31.2 Å². The molecule has 7 nitrogen and oxygen atoms in total. The Morgan fingerprint density at radius 2 is 1.75 bits per heavy atom. The second-order valence-corrected chi connectivity index (χ2v) is 4.78. The number of nitrogens with one attached hydrogen (secondary N) is 1. The van der Waals surface area contributed by atoms with E-state index in [9.17, 15) is 35.9 Å². The number of hydrogen-bond acceptors (Lipinski definition) is 6. The van der Waals surface area contributed by atoms with E-state index >= 15 is 0 Å². The van der Waals surface area contributed by atoms with Gasteiger partial charge in [0.25, 0.3) is 0 Å². The summed E-state index contributed by atoms with van der Waals surface area (Å²) in [5.74, 6) is -5.11. The number of ether oxygens (including phenoxy) is 1. The fraction of sp³-hybridized carbons (Fsp3) is 0.800. The maximum absolute atomic E-state index is 12.3. The summed E-state index contributed by atoms with van der Waals surface area (Å²) in [6.07, 6.45) is -15.3. The van der Waals surface area contributed by atoms with Crippen molar-refractivity contribution in [1.29, 1.82) is 0 Å². The van der Waals surface area contributed by atoms with Crippen molar-refractivity contribution in [3.8, 4) is 0 Å². The Morgan fingerprint density at radius 3 is 2.21 bits per heavy atom. The third kappa shape index (κ3) is 5.65. The van der Waals surface area contributed by atoms with Crippen molar-refractivity contribution in [2.24, 2.45) is 0 Å². The fourth-order valence-corrected chi connectivity index (χ4v) is 1.90. The molecule has 24 heavy (non-hydrogen) atoms. The van der Waals surface area contributed by atoms with Crippen LogP contribution in [0.3, 0.4) is 0 Å². The number of carbonyl (C=O) groups is 2. The minimum atomic E-state index is -5.38. The second kappa shape index (κ2) is 7.72. The molecule has 0 unspecified atom stereocenters. The molecule has 1 amide bonds. The first kappa shape index (κ1) is 20.7. The molecule has 1 saturated heterocycles. The first-order valence-corrected chi connectivity index (χ1v) is 6.42. The molecule has 1 N–H and O–H groups in total. The molecule has 0 aromatic carbocycles. The summed E-state index contributed by atoms with van der Waals surface area (Å²) in [6, 6.07) is -1.56. The van der Waals surface area contributed by atoms with Gasteiger partial charge in [0.2, 0.25) is 0 Å². The van der Waals surface area contributed by atoms with Crippen LogP contribution in [-0.4, -0.2) is 48.8 Å². The van der Waals surface area contributed by atoms with Gasteiger partial charge in [-0.1, -0.05) is 0 Å². The van der Waals surface area contributed by atoms with Crippen molar-refractivity contribution < 1.29 is 54.7 Å². The first-order chi connectivity index (χ1) is 10.9. The standard InChI is InChI=1S/C10H10ClF6NO6/c1-3-6(23-24-8(20)10(15,16)17)4(2-5(21-3)22-11)18-7(19)9(12,13)14/h3-6H,2H2,1H3,(H,18,19)/t3-,4-,5-,6+/m0/s1. The van der Waals surface area contributed by atoms with Crippen molar-refractivity contribution in [3.63, 3.8) is 0 Å². The second-order valence-electron chi connectivity index (χ2n) is 4.60. The van der Waals surface area contributed by atoms with Crippen LogP contribution in [0.5, 0.6) is 0 Å². The van der Waals surface area contributed by atoms with E-state index in [2.05, 4.69) is 14.1 Å². The summed E-state index contributed by atoms with van der Waals surface area (Å²) in [4.78, 5) is 29.3. The van der Waals surface area contributed by atoms with Gasteiger partial charge in [0, 0.05) is 6.42 Å². The highest BCUT2D eigenvalue weighted by Crippen LogP contribution is 2.27. The Kier molecular flexibility index (Phi) is 6.67. The van der Waals surface area contributed by atoms with E-state index in [1.54, 1.807) is 0 Å². The monoisotopic (exact) mass is 389 g/mol. The lowest BCUT2D eigenvalue weighted by atomic mass is 9.99. The molecule has 1 aliphatic rings. The molecule has 14 heteroatoms. The molecule has 0 spiro atoms. The molecule has 0 aliphatic carbocycles. The Balaban J connectivity index is 2.83. The fourth-order valence-electron chi connectivity index (χ4n) is 1.78. The van der Waals surface area contributed by atoms with Crippen LogP contribution < -0.4 is 5.32 Å². The Labute approximate surface area is 135 Å². The number of alkyl halides is 6. The van der Waals surface area contributed by atoms with Gasteiger partial charge in [-0.15, -0.1) is 0 Å². The molecule has 0 aromatic heterocycles. The van der Waals surface area contributed by atoms with Crippen LogP contribution in [0.2, 0.25) is 0 Å². The lowest BCUT2D eigenvalue weighted by Crippen LogP contribution is -2.58. The maximum Gasteiger partial charge on any atom is 0.494 e. The summed E-state index contributed by atoms with van der Waals surface area (Å²) in [7, 11) is 0. The highest BCUT2D eigenvalue weighted by Gasteiger charge is 2.47. The lowest BCUT2D eigenvalue weighted by molar-refractivity contribution is -0.351. The van der Waals surface area contributed by atoms with Gasteiger partial charge in [0.05, 0.1) is 24.0 Å². The van der Waals surface area contributed by atoms with Crippen molar-refractivity contribution in [3.05, 3.63) is 0 Å². The zero-order valence-electron chi connectivity index (χ0n) is 11.6. The van der Waals surface area contributed by atoms with E-state index in [4.69, 9.17) is 16.6 Å². The third-order valence-electron chi connectivity index (χ3n) is 2.81. The van der Waals surface area contributed by atoms with Gasteiger partial charge in [0.1, 0.15) is 0 Å². The molecule has 4 atom stereocenters. The molecule has 1 aliphatic heterocycles. The van der Waals surface area contributed by atoms with E-state index in [1.165, 1.54) is 12.2 Å². The van der Waals surface area contributed by atoms with Gasteiger partial charge in [0.15, 0.2) is 12.4 Å². The Morgan fingerprint density at radius 1 is 1.17 bits per heavy atom. The number of rotatable bonds is 4. The van der Waals surface area contributed by atoms with Crippen LogP contribution in [0.1, 0.15) is 13.3 Å². The smallest absolute Gasteiger partial charge is 0.345 e. The summed E-state index contributed by atoms with van der Waals surface area (Å²) >= 11 is 5.04. The van der Waals surface area contributed by atoms with Gasteiger partial charge in [-0.05, 0) is 6.92 Å². The third-order valence-corrected chi connectivity index (χ3v) is 3.01. The molecule has 1 fully saturated rings. The number of carbonyl (C=O) groups excluding carboxylic acids is 2. The van der Waals surface area contributed by atoms with Crippen molar-refractivity contribution in [1.82, 2.24) is 5.32 Å². The highest BCUT2D eigenvalue weighted by molar-refractivity contribution is 6.07. The molecule has 140 valence electrons. The normalized spacial score (nSPS) is 28.3. The zero-order valence-corrected chi connectivity index (χ0v) is 12.4. The average Bonchev–Trinajstić information content (AvgIpc) is 2.43. The predicted molar refractivity (Wildman–Crippen MR) is 60.9 cm³/mol. The van der Waals surface area contributed by atoms with Crippen molar-refractivity contribution >= 4 is 23.7 Å². The Hall–Kier alpha value is -1.31.